The molecule has 1 aromatic carbocycles. The molecule has 1 unspecified atom stereocenters. The fraction of sp³-hybridized carbons (Fsp3) is 0.250. The molecular weight excluding hydrogens is 256 g/mol. The van der Waals surface area contributed by atoms with Crippen LogP contribution in [0.15, 0.2) is 18.2 Å². The summed E-state index contributed by atoms with van der Waals surface area (Å²) in [5, 5.41) is 9.92. The number of hydrogen-bond acceptors (Lipinski definition) is 7. The number of hydrogen-bond donors (Lipinski definition) is 1. The second-order valence-corrected chi connectivity index (χ2v) is 3.78. The lowest BCUT2D eigenvalue weighted by Crippen LogP contribution is -2.58. The van der Waals surface area contributed by atoms with Crippen LogP contribution in [0.4, 0.5) is 0 Å². The zero-order valence-electron chi connectivity index (χ0n) is 10.1. The highest BCUT2D eigenvalue weighted by atomic mass is 16.6. The summed E-state index contributed by atoms with van der Waals surface area (Å²) in [5.41, 5.74) is -3.07. The molecule has 0 spiro atoms. The zero-order valence-corrected chi connectivity index (χ0v) is 10.1. The lowest BCUT2D eigenvalue weighted by atomic mass is 9.90. The van der Waals surface area contributed by atoms with Crippen molar-refractivity contribution in [3.05, 3.63) is 23.8 Å². The highest BCUT2D eigenvalue weighted by Crippen LogP contribution is 2.33. The van der Waals surface area contributed by atoms with Gasteiger partial charge in [-0.3, -0.25) is 4.79 Å². The van der Waals surface area contributed by atoms with Crippen LogP contribution >= 0.6 is 0 Å². The molecule has 1 aliphatic heterocycles. The second-order valence-electron chi connectivity index (χ2n) is 3.78. The number of rotatable bonds is 2. The van der Waals surface area contributed by atoms with E-state index in [4.69, 9.17) is 9.47 Å². The third kappa shape index (κ3) is 1.75. The summed E-state index contributed by atoms with van der Waals surface area (Å²) in [5.74, 6) is -3.59. The van der Waals surface area contributed by atoms with Crippen molar-refractivity contribution in [1.29, 1.82) is 0 Å². The summed E-state index contributed by atoms with van der Waals surface area (Å²) in [6.45, 7) is 0. The van der Waals surface area contributed by atoms with E-state index >= 15 is 0 Å². The number of ketones is 1. The van der Waals surface area contributed by atoms with E-state index in [0.717, 1.165) is 7.11 Å². The topological polar surface area (TPSA) is 99.1 Å². The van der Waals surface area contributed by atoms with Crippen molar-refractivity contribution in [2.24, 2.45) is 0 Å². The van der Waals surface area contributed by atoms with Gasteiger partial charge in [-0.15, -0.1) is 0 Å². The van der Waals surface area contributed by atoms with Crippen molar-refractivity contribution in [2.45, 2.75) is 5.60 Å². The Kier molecular flexibility index (Phi) is 2.99. The maximum absolute atomic E-state index is 12.1. The molecule has 7 nitrogen and oxygen atoms in total. The number of methoxy groups -OCH3 is 2. The lowest BCUT2D eigenvalue weighted by molar-refractivity contribution is -0.171. The predicted octanol–water partition coefficient (Wildman–Crippen LogP) is -0.299. The van der Waals surface area contributed by atoms with Gasteiger partial charge in [0.05, 0.1) is 19.8 Å². The smallest absolute Gasteiger partial charge is 0.364 e. The molecule has 100 valence electrons. The van der Waals surface area contributed by atoms with Crippen LogP contribution in [-0.2, 0) is 14.3 Å². The maximum Gasteiger partial charge on any atom is 0.364 e. The van der Waals surface area contributed by atoms with Gasteiger partial charge in [0, 0.05) is 6.07 Å². The zero-order chi connectivity index (χ0) is 14.2. The molecule has 1 aliphatic rings. The number of aliphatic hydroxyl groups is 1. The second kappa shape index (κ2) is 4.36. The Hall–Kier alpha value is -2.41. The van der Waals surface area contributed by atoms with Crippen molar-refractivity contribution in [3.8, 4) is 11.5 Å². The average Bonchev–Trinajstić information content (AvgIpc) is 2.43. The molecule has 0 saturated carbocycles. The maximum atomic E-state index is 12.1. The van der Waals surface area contributed by atoms with Gasteiger partial charge in [0.1, 0.15) is 11.5 Å². The Labute approximate surface area is 107 Å². The fourth-order valence-electron chi connectivity index (χ4n) is 1.69. The van der Waals surface area contributed by atoms with Crippen LogP contribution in [0.5, 0.6) is 11.5 Å². The third-order valence-corrected chi connectivity index (χ3v) is 2.74. The normalized spacial score (nSPS) is 21.4. The lowest BCUT2D eigenvalue weighted by Gasteiger charge is -2.27. The molecule has 0 saturated heterocycles. The quantitative estimate of drug-likeness (QED) is 0.445. The molecular formula is C12H10O7. The Balaban J connectivity index is 2.55. The van der Waals surface area contributed by atoms with Crippen molar-refractivity contribution in [3.63, 3.8) is 0 Å². The molecule has 1 aromatic rings. The Morgan fingerprint density at radius 1 is 1.32 bits per heavy atom. The van der Waals surface area contributed by atoms with Gasteiger partial charge in [-0.05, 0) is 12.1 Å². The number of Topliss-reactive ketones (excluding diaryl/α,β-unsaturated/α-hetero) is 1. The summed E-state index contributed by atoms with van der Waals surface area (Å²) in [7, 11) is 2.35. The van der Waals surface area contributed by atoms with Gasteiger partial charge in [0.2, 0.25) is 5.78 Å². The summed E-state index contributed by atoms with van der Waals surface area (Å²) >= 11 is 0. The fourth-order valence-corrected chi connectivity index (χ4v) is 1.69. The van der Waals surface area contributed by atoms with Gasteiger partial charge in [-0.2, -0.15) is 0 Å². The molecule has 1 atom stereocenters. The van der Waals surface area contributed by atoms with Crippen LogP contribution < -0.4 is 9.47 Å². The minimum Gasteiger partial charge on any atom is -0.497 e. The first-order valence-electron chi connectivity index (χ1n) is 5.21. The molecule has 19 heavy (non-hydrogen) atoms. The van der Waals surface area contributed by atoms with Crippen LogP contribution in [0, 0.1) is 0 Å². The minimum absolute atomic E-state index is 0.0806. The van der Waals surface area contributed by atoms with Gasteiger partial charge in [-0.25, -0.2) is 9.59 Å². The van der Waals surface area contributed by atoms with E-state index in [1.54, 1.807) is 0 Å². The van der Waals surface area contributed by atoms with Crippen molar-refractivity contribution < 1.29 is 33.7 Å². The van der Waals surface area contributed by atoms with E-state index in [0.29, 0.717) is 5.75 Å². The van der Waals surface area contributed by atoms with E-state index < -0.39 is 23.3 Å². The van der Waals surface area contributed by atoms with Gasteiger partial charge in [0.25, 0.3) is 0 Å². The Morgan fingerprint density at radius 2 is 2.00 bits per heavy atom. The summed E-state index contributed by atoms with van der Waals surface area (Å²) in [4.78, 5) is 35.1. The van der Waals surface area contributed by atoms with Crippen LogP contribution in [0.2, 0.25) is 0 Å². The molecule has 0 amide bonds. The minimum atomic E-state index is -2.96. The summed E-state index contributed by atoms with van der Waals surface area (Å²) in [6.07, 6.45) is 0. The van der Waals surface area contributed by atoms with E-state index in [2.05, 4.69) is 4.74 Å². The van der Waals surface area contributed by atoms with Crippen molar-refractivity contribution in [2.75, 3.05) is 14.2 Å². The van der Waals surface area contributed by atoms with Gasteiger partial charge in [-0.1, -0.05) is 0 Å². The van der Waals surface area contributed by atoms with Crippen LogP contribution in [0.25, 0.3) is 0 Å². The standard InChI is InChI=1S/C12H10O7/c1-17-6-3-4-7-8(5-6)19-11(15)12(16,9(7)13)10(14)18-2/h3-5,16H,1-2H3. The molecule has 0 aromatic heterocycles. The summed E-state index contributed by atoms with van der Waals surface area (Å²) in [6, 6.07) is 4.03. The molecule has 0 radical (unpaired) electrons. The van der Waals surface area contributed by atoms with Crippen molar-refractivity contribution >= 4 is 17.7 Å². The van der Waals surface area contributed by atoms with E-state index in [1.165, 1.54) is 25.3 Å². The molecule has 2 rings (SSSR count). The first-order valence-corrected chi connectivity index (χ1v) is 5.21. The van der Waals surface area contributed by atoms with E-state index in [1.807, 2.05) is 0 Å². The van der Waals surface area contributed by atoms with Gasteiger partial charge >= 0.3 is 17.5 Å². The Bertz CT molecular complexity index is 577. The number of carbonyl (C=O) groups excluding carboxylic acids is 3. The van der Waals surface area contributed by atoms with Crippen molar-refractivity contribution in [1.82, 2.24) is 0 Å². The van der Waals surface area contributed by atoms with E-state index in [-0.39, 0.29) is 11.3 Å². The Morgan fingerprint density at radius 3 is 2.58 bits per heavy atom. The van der Waals surface area contributed by atoms with Crippen LogP contribution in [0.3, 0.4) is 0 Å². The molecule has 1 heterocycles. The molecule has 1 N–H and O–H groups in total. The number of benzene rings is 1. The molecule has 0 aliphatic carbocycles. The molecule has 0 bridgehead atoms. The van der Waals surface area contributed by atoms with Gasteiger partial charge in [0.15, 0.2) is 0 Å². The predicted molar refractivity (Wildman–Crippen MR) is 59.9 cm³/mol. The highest BCUT2D eigenvalue weighted by molar-refractivity contribution is 6.31. The number of carbonyl (C=O) groups is 3. The highest BCUT2D eigenvalue weighted by Gasteiger charge is 2.58. The number of esters is 2. The summed E-state index contributed by atoms with van der Waals surface area (Å²) < 4.78 is 14.0. The third-order valence-electron chi connectivity index (χ3n) is 2.74. The van der Waals surface area contributed by atoms with Crippen LogP contribution in [-0.4, -0.2) is 42.6 Å². The molecule has 0 fully saturated rings. The first kappa shape index (κ1) is 13.0. The number of ether oxygens (including phenoxy) is 3. The van der Waals surface area contributed by atoms with Crippen LogP contribution in [0.1, 0.15) is 10.4 Å². The first-order chi connectivity index (χ1) is 8.94. The monoisotopic (exact) mass is 266 g/mol. The molecule has 7 heteroatoms. The van der Waals surface area contributed by atoms with E-state index in [9.17, 15) is 19.5 Å². The average molecular weight is 266 g/mol. The largest absolute Gasteiger partial charge is 0.497 e. The number of fused-ring (bicyclic) bond motifs is 1. The van der Waals surface area contributed by atoms with Gasteiger partial charge < -0.3 is 19.3 Å². The SMILES string of the molecule is COC(=O)C1(O)C(=O)Oc2cc(OC)ccc2C1=O.